The van der Waals surface area contributed by atoms with Crippen LogP contribution in [0.2, 0.25) is 0 Å². The summed E-state index contributed by atoms with van der Waals surface area (Å²) < 4.78 is 4.94. The van der Waals surface area contributed by atoms with Crippen molar-refractivity contribution in [2.24, 2.45) is 0 Å². The Morgan fingerprint density at radius 3 is 1.63 bits per heavy atom. The summed E-state index contributed by atoms with van der Waals surface area (Å²) in [6.45, 7) is 0. The molecule has 9 aromatic carbocycles. The van der Waals surface area contributed by atoms with Gasteiger partial charge in [-0.3, -0.25) is 4.98 Å². The Morgan fingerprint density at radius 1 is 0.370 bits per heavy atom. The molecule has 0 saturated carbocycles. The van der Waals surface area contributed by atoms with Crippen molar-refractivity contribution in [2.75, 3.05) is 0 Å². The van der Waals surface area contributed by atoms with Gasteiger partial charge in [0.1, 0.15) is 0 Å². The fraction of sp³-hybridized carbons (Fsp3) is 0. The third-order valence-electron chi connectivity index (χ3n) is 11.3. The lowest BCUT2D eigenvalue weighted by molar-refractivity contribution is 1.15. The maximum Gasteiger partial charge on any atom is 0.0979 e. The van der Waals surface area contributed by atoms with Crippen molar-refractivity contribution >= 4 is 87.0 Å². The van der Waals surface area contributed by atoms with Crippen molar-refractivity contribution in [3.8, 4) is 22.6 Å². The molecule has 4 heteroatoms. The standard InChI is InChI=1S/C50H30N4/c1-2-17-34-31(13-1)14-12-26-44(34)54-46-25-10-8-21-38(46)42-28-27-41-37-20-7-9-24-45(37)53(49(41)50(42)54)33-16-11-15-32(29-33)43-30-51-47-39-22-5-3-18-35(39)36-19-4-6-23-40(36)48(47)52-43/h1-30H. The maximum absolute atomic E-state index is 5.36. The molecule has 12 rings (SSSR count). The van der Waals surface area contributed by atoms with Crippen LogP contribution in [-0.2, 0) is 0 Å². The van der Waals surface area contributed by atoms with Gasteiger partial charge in [0.25, 0.3) is 0 Å². The second kappa shape index (κ2) is 11.1. The normalized spacial score (nSPS) is 12.1. The average molecular weight is 687 g/mol. The molecule has 3 heterocycles. The van der Waals surface area contributed by atoms with E-state index in [4.69, 9.17) is 9.97 Å². The van der Waals surface area contributed by atoms with Crippen LogP contribution in [0, 0.1) is 0 Å². The molecule has 0 saturated heterocycles. The fourth-order valence-electron chi connectivity index (χ4n) is 8.99. The maximum atomic E-state index is 5.36. The van der Waals surface area contributed by atoms with Crippen molar-refractivity contribution in [1.29, 1.82) is 0 Å². The van der Waals surface area contributed by atoms with Crippen LogP contribution in [0.3, 0.4) is 0 Å². The van der Waals surface area contributed by atoms with Crippen molar-refractivity contribution < 1.29 is 0 Å². The molecule has 0 fully saturated rings. The van der Waals surface area contributed by atoms with E-state index in [1.165, 1.54) is 65.3 Å². The van der Waals surface area contributed by atoms with Gasteiger partial charge >= 0.3 is 0 Å². The number of benzene rings is 9. The number of para-hydroxylation sites is 2. The first-order valence-corrected chi connectivity index (χ1v) is 18.4. The topological polar surface area (TPSA) is 35.6 Å². The average Bonchev–Trinajstić information content (AvgIpc) is 3.76. The molecule has 54 heavy (non-hydrogen) atoms. The summed E-state index contributed by atoms with van der Waals surface area (Å²) in [5.41, 5.74) is 10.7. The van der Waals surface area contributed by atoms with Gasteiger partial charge in [-0.25, -0.2) is 4.98 Å². The zero-order valence-corrected chi connectivity index (χ0v) is 29.1. The van der Waals surface area contributed by atoms with Gasteiger partial charge in [-0.05, 0) is 46.5 Å². The number of hydrogen-bond acceptors (Lipinski definition) is 2. The van der Waals surface area contributed by atoms with E-state index in [0.29, 0.717) is 0 Å². The van der Waals surface area contributed by atoms with Crippen molar-refractivity contribution in [1.82, 2.24) is 19.1 Å². The molecule has 0 aliphatic heterocycles. The molecule has 12 aromatic rings. The number of rotatable bonds is 3. The van der Waals surface area contributed by atoms with Crippen LogP contribution in [0.25, 0.3) is 110 Å². The molecular weight excluding hydrogens is 657 g/mol. The van der Waals surface area contributed by atoms with Gasteiger partial charge in [0.2, 0.25) is 0 Å². The first-order valence-electron chi connectivity index (χ1n) is 18.4. The second-order valence-electron chi connectivity index (χ2n) is 14.2. The van der Waals surface area contributed by atoms with Crippen LogP contribution >= 0.6 is 0 Å². The molecule has 0 N–H and O–H groups in total. The highest BCUT2D eigenvalue weighted by Crippen LogP contribution is 2.43. The summed E-state index contributed by atoms with van der Waals surface area (Å²) in [4.78, 5) is 10.4. The van der Waals surface area contributed by atoms with Crippen LogP contribution in [0.1, 0.15) is 0 Å². The Kier molecular flexibility index (Phi) is 6.02. The van der Waals surface area contributed by atoms with Crippen LogP contribution in [0.4, 0.5) is 0 Å². The van der Waals surface area contributed by atoms with Gasteiger partial charge < -0.3 is 9.13 Å². The number of hydrogen-bond donors (Lipinski definition) is 0. The quantitative estimate of drug-likeness (QED) is 0.173. The Morgan fingerprint density at radius 2 is 0.907 bits per heavy atom. The monoisotopic (exact) mass is 686 g/mol. The van der Waals surface area contributed by atoms with E-state index in [1.807, 2.05) is 6.20 Å². The third-order valence-corrected chi connectivity index (χ3v) is 11.3. The smallest absolute Gasteiger partial charge is 0.0979 e. The van der Waals surface area contributed by atoms with E-state index in [1.54, 1.807) is 0 Å². The highest BCUT2D eigenvalue weighted by molar-refractivity contribution is 6.25. The molecule has 0 unspecified atom stereocenters. The highest BCUT2D eigenvalue weighted by atomic mass is 15.0. The summed E-state index contributed by atoms with van der Waals surface area (Å²) in [6.07, 6.45) is 1.94. The molecule has 0 aliphatic rings. The van der Waals surface area contributed by atoms with Crippen LogP contribution in [-0.4, -0.2) is 19.1 Å². The summed E-state index contributed by atoms with van der Waals surface area (Å²) in [6, 6.07) is 63.4. The van der Waals surface area contributed by atoms with Crippen molar-refractivity contribution in [3.63, 3.8) is 0 Å². The summed E-state index contributed by atoms with van der Waals surface area (Å²) >= 11 is 0. The van der Waals surface area contributed by atoms with Gasteiger partial charge in [-0.2, -0.15) is 0 Å². The highest BCUT2D eigenvalue weighted by Gasteiger charge is 2.22. The van der Waals surface area contributed by atoms with E-state index < -0.39 is 0 Å². The molecule has 0 aliphatic carbocycles. The molecule has 0 spiro atoms. The van der Waals surface area contributed by atoms with E-state index in [-0.39, 0.29) is 0 Å². The van der Waals surface area contributed by atoms with Gasteiger partial charge in [-0.15, -0.1) is 0 Å². The minimum absolute atomic E-state index is 0.848. The first kappa shape index (κ1) is 29.3. The zero-order chi connectivity index (χ0) is 35.3. The number of nitrogens with zero attached hydrogens (tertiary/aromatic N) is 4. The molecule has 0 amide bonds. The lowest BCUT2D eigenvalue weighted by atomic mass is 9.99. The van der Waals surface area contributed by atoms with Crippen molar-refractivity contribution in [2.45, 2.75) is 0 Å². The fourth-order valence-corrected chi connectivity index (χ4v) is 8.99. The van der Waals surface area contributed by atoms with E-state index >= 15 is 0 Å². The summed E-state index contributed by atoms with van der Waals surface area (Å²) in [5.74, 6) is 0. The minimum atomic E-state index is 0.848. The number of aromatic nitrogens is 4. The lowest BCUT2D eigenvalue weighted by Crippen LogP contribution is -2.00. The Labute approximate surface area is 309 Å². The van der Waals surface area contributed by atoms with Gasteiger partial charge in [-0.1, -0.05) is 146 Å². The van der Waals surface area contributed by atoms with E-state index in [0.717, 1.165) is 44.3 Å². The van der Waals surface area contributed by atoms with E-state index in [9.17, 15) is 0 Å². The Hall–Kier alpha value is -7.30. The van der Waals surface area contributed by atoms with Crippen LogP contribution in [0.15, 0.2) is 182 Å². The largest absolute Gasteiger partial charge is 0.307 e. The van der Waals surface area contributed by atoms with Crippen molar-refractivity contribution in [3.05, 3.63) is 182 Å². The van der Waals surface area contributed by atoms with Crippen LogP contribution < -0.4 is 0 Å². The molecule has 250 valence electrons. The lowest BCUT2D eigenvalue weighted by Gasteiger charge is -2.15. The number of fused-ring (bicyclic) bond motifs is 14. The zero-order valence-electron chi connectivity index (χ0n) is 29.1. The van der Waals surface area contributed by atoms with Gasteiger partial charge in [0.05, 0.1) is 50.7 Å². The predicted octanol–water partition coefficient (Wildman–Crippen LogP) is 13.0. The predicted molar refractivity (Wildman–Crippen MR) is 226 cm³/mol. The molecule has 4 nitrogen and oxygen atoms in total. The molecule has 3 aromatic heterocycles. The Balaban J connectivity index is 1.17. The summed E-state index contributed by atoms with van der Waals surface area (Å²) in [7, 11) is 0. The third kappa shape index (κ3) is 4.02. The molecule has 0 bridgehead atoms. The molecular formula is C50H30N4. The Bertz CT molecular complexity index is 3470. The van der Waals surface area contributed by atoms with E-state index in [2.05, 4.69) is 185 Å². The first-order chi connectivity index (χ1) is 26.8. The molecule has 0 atom stereocenters. The van der Waals surface area contributed by atoms with Gasteiger partial charge in [0.15, 0.2) is 0 Å². The van der Waals surface area contributed by atoms with Gasteiger partial charge in [0, 0.05) is 49.0 Å². The minimum Gasteiger partial charge on any atom is -0.307 e. The SMILES string of the molecule is c1cc(-c2cnc3c4ccccc4c4ccccc4c3n2)cc(-n2c3ccccc3c3ccc4c5ccccc5n(-c5cccc6ccccc56)c4c32)c1. The van der Waals surface area contributed by atoms with Crippen LogP contribution in [0.5, 0.6) is 0 Å². The second-order valence-corrected chi connectivity index (χ2v) is 14.2. The molecule has 0 radical (unpaired) electrons. The summed E-state index contributed by atoms with van der Waals surface area (Å²) in [5, 5.41) is 12.0.